The normalized spacial score (nSPS) is 11.9. The van der Waals surface area contributed by atoms with Crippen LogP contribution in [-0.2, 0) is 11.2 Å². The van der Waals surface area contributed by atoms with Crippen molar-refractivity contribution in [3.05, 3.63) is 71.0 Å². The first-order valence-corrected chi connectivity index (χ1v) is 9.26. The second-order valence-electron chi connectivity index (χ2n) is 7.10. The third kappa shape index (κ3) is 6.20. The molecule has 5 heteroatoms. The molecule has 0 aliphatic carbocycles. The van der Waals surface area contributed by atoms with Gasteiger partial charge in [-0.05, 0) is 48.9 Å². The van der Waals surface area contributed by atoms with Crippen molar-refractivity contribution in [3.8, 4) is 0 Å². The molecule has 2 aromatic carbocycles. The summed E-state index contributed by atoms with van der Waals surface area (Å²) < 4.78 is 13.7. The summed E-state index contributed by atoms with van der Waals surface area (Å²) in [5, 5.41) is 5.66. The molecule has 0 heterocycles. The zero-order valence-electron chi connectivity index (χ0n) is 16.1. The number of hydrogen-bond donors (Lipinski definition) is 2. The average Bonchev–Trinajstić information content (AvgIpc) is 2.62. The Hall–Kier alpha value is -2.69. The number of carbonyl (C=O) groups is 2. The topological polar surface area (TPSA) is 58.2 Å². The van der Waals surface area contributed by atoms with Crippen molar-refractivity contribution in [2.45, 2.75) is 39.7 Å². The fourth-order valence-electron chi connectivity index (χ4n) is 2.91. The number of aryl methyl sites for hydroxylation is 1. The lowest BCUT2D eigenvalue weighted by Gasteiger charge is -2.21. The van der Waals surface area contributed by atoms with E-state index >= 15 is 0 Å². The van der Waals surface area contributed by atoms with Crippen LogP contribution in [-0.4, -0.2) is 24.4 Å². The van der Waals surface area contributed by atoms with Crippen LogP contribution in [0.15, 0.2) is 48.5 Å². The molecule has 144 valence electrons. The summed E-state index contributed by atoms with van der Waals surface area (Å²) in [6, 6.07) is 13.2. The van der Waals surface area contributed by atoms with Gasteiger partial charge in [0.05, 0.1) is 0 Å². The van der Waals surface area contributed by atoms with Crippen LogP contribution < -0.4 is 10.6 Å². The Kier molecular flexibility index (Phi) is 7.53. The van der Waals surface area contributed by atoms with Gasteiger partial charge in [-0.25, -0.2) is 4.39 Å². The molecule has 0 bridgehead atoms. The highest BCUT2D eigenvalue weighted by atomic mass is 19.1. The van der Waals surface area contributed by atoms with Gasteiger partial charge in [0, 0.05) is 12.1 Å². The van der Waals surface area contributed by atoms with E-state index in [1.54, 1.807) is 30.3 Å². The van der Waals surface area contributed by atoms with Gasteiger partial charge in [-0.15, -0.1) is 0 Å². The van der Waals surface area contributed by atoms with Crippen LogP contribution in [0.25, 0.3) is 0 Å². The molecule has 4 nitrogen and oxygen atoms in total. The molecule has 2 amide bonds. The van der Waals surface area contributed by atoms with E-state index in [9.17, 15) is 14.0 Å². The Balaban J connectivity index is 1.98. The molecule has 2 rings (SSSR count). The summed E-state index contributed by atoms with van der Waals surface area (Å²) in [7, 11) is 0. The first-order valence-electron chi connectivity index (χ1n) is 9.26. The molecule has 0 fully saturated rings. The highest BCUT2D eigenvalue weighted by Gasteiger charge is 2.22. The molecule has 1 atom stereocenters. The number of amides is 2. The van der Waals surface area contributed by atoms with E-state index in [1.165, 1.54) is 6.07 Å². The van der Waals surface area contributed by atoms with Gasteiger partial charge in [0.15, 0.2) is 0 Å². The van der Waals surface area contributed by atoms with E-state index in [0.29, 0.717) is 30.5 Å². The van der Waals surface area contributed by atoms with Crippen LogP contribution in [0.3, 0.4) is 0 Å². The van der Waals surface area contributed by atoms with E-state index < -0.39 is 6.04 Å². The minimum Gasteiger partial charge on any atom is -0.354 e. The van der Waals surface area contributed by atoms with Crippen molar-refractivity contribution in [3.63, 3.8) is 0 Å². The Morgan fingerprint density at radius 3 is 2.37 bits per heavy atom. The molecular weight excluding hydrogens is 343 g/mol. The van der Waals surface area contributed by atoms with Gasteiger partial charge in [-0.3, -0.25) is 9.59 Å². The number of carbonyl (C=O) groups excluding carboxylic acids is 2. The van der Waals surface area contributed by atoms with Gasteiger partial charge in [0.1, 0.15) is 11.9 Å². The molecule has 0 radical (unpaired) electrons. The summed E-state index contributed by atoms with van der Waals surface area (Å²) in [5.74, 6) is -0.548. The largest absolute Gasteiger partial charge is 0.354 e. The zero-order valence-corrected chi connectivity index (χ0v) is 16.1. The van der Waals surface area contributed by atoms with Crippen molar-refractivity contribution in [2.24, 2.45) is 5.92 Å². The first-order chi connectivity index (χ1) is 12.9. The zero-order chi connectivity index (χ0) is 19.8. The highest BCUT2D eigenvalue weighted by Crippen LogP contribution is 2.11. The molecule has 0 saturated carbocycles. The Morgan fingerprint density at radius 2 is 1.70 bits per heavy atom. The van der Waals surface area contributed by atoms with Gasteiger partial charge < -0.3 is 10.6 Å². The second kappa shape index (κ2) is 9.86. The molecule has 0 aromatic heterocycles. The lowest BCUT2D eigenvalue weighted by Crippen LogP contribution is -2.48. The van der Waals surface area contributed by atoms with Crippen molar-refractivity contribution >= 4 is 11.8 Å². The average molecular weight is 370 g/mol. The number of halogens is 1. The summed E-state index contributed by atoms with van der Waals surface area (Å²) in [6.07, 6.45) is 0.932. The van der Waals surface area contributed by atoms with Gasteiger partial charge in [-0.1, -0.05) is 50.2 Å². The number of nitrogens with one attached hydrogen (secondary N) is 2. The minimum absolute atomic E-state index is 0.240. The molecule has 0 aliphatic rings. The van der Waals surface area contributed by atoms with Crippen LogP contribution in [0.1, 0.15) is 41.8 Å². The lowest BCUT2D eigenvalue weighted by molar-refractivity contribution is -0.123. The van der Waals surface area contributed by atoms with Crippen molar-refractivity contribution in [1.82, 2.24) is 10.6 Å². The van der Waals surface area contributed by atoms with Crippen LogP contribution in [0, 0.1) is 18.7 Å². The fourth-order valence-corrected chi connectivity index (χ4v) is 2.91. The number of benzene rings is 2. The standard InChI is InChI=1S/C22H27FN2O2/c1-15(2)14-20(25-21(26)18-10-6-4-8-16(18)3)22(27)24-13-12-17-9-5-7-11-19(17)23/h4-11,15,20H,12-14H2,1-3H3,(H,24,27)(H,25,26). The molecule has 0 aliphatic heterocycles. The van der Waals surface area contributed by atoms with Gasteiger partial charge in [0.25, 0.3) is 5.91 Å². The molecular formula is C22H27FN2O2. The number of rotatable bonds is 8. The Morgan fingerprint density at radius 1 is 1.04 bits per heavy atom. The van der Waals surface area contributed by atoms with Crippen LogP contribution in [0.4, 0.5) is 4.39 Å². The van der Waals surface area contributed by atoms with Crippen molar-refractivity contribution < 1.29 is 14.0 Å². The van der Waals surface area contributed by atoms with E-state index in [-0.39, 0.29) is 23.5 Å². The lowest BCUT2D eigenvalue weighted by atomic mass is 10.0. The first kappa shape index (κ1) is 20.6. The van der Waals surface area contributed by atoms with Crippen LogP contribution in [0.5, 0.6) is 0 Å². The van der Waals surface area contributed by atoms with E-state index in [1.807, 2.05) is 32.9 Å². The maximum atomic E-state index is 13.7. The smallest absolute Gasteiger partial charge is 0.252 e. The molecule has 0 spiro atoms. The van der Waals surface area contributed by atoms with Crippen LogP contribution >= 0.6 is 0 Å². The fraction of sp³-hybridized carbons (Fsp3) is 0.364. The van der Waals surface area contributed by atoms with Crippen LogP contribution in [0.2, 0.25) is 0 Å². The maximum absolute atomic E-state index is 13.7. The second-order valence-corrected chi connectivity index (χ2v) is 7.10. The van der Waals surface area contributed by atoms with E-state index in [2.05, 4.69) is 10.6 Å². The molecule has 2 aromatic rings. The van der Waals surface area contributed by atoms with Crippen molar-refractivity contribution in [2.75, 3.05) is 6.54 Å². The monoisotopic (exact) mass is 370 g/mol. The van der Waals surface area contributed by atoms with Gasteiger partial charge >= 0.3 is 0 Å². The Bertz CT molecular complexity index is 789. The number of hydrogen-bond acceptors (Lipinski definition) is 2. The predicted octanol–water partition coefficient (Wildman–Crippen LogP) is 3.64. The SMILES string of the molecule is Cc1ccccc1C(=O)NC(CC(C)C)C(=O)NCCc1ccccc1F. The quantitative estimate of drug-likeness (QED) is 0.745. The summed E-state index contributed by atoms with van der Waals surface area (Å²) in [4.78, 5) is 25.1. The van der Waals surface area contributed by atoms with Gasteiger partial charge in [0.2, 0.25) is 5.91 Å². The van der Waals surface area contributed by atoms with Gasteiger partial charge in [-0.2, -0.15) is 0 Å². The van der Waals surface area contributed by atoms with E-state index in [4.69, 9.17) is 0 Å². The third-order valence-corrected chi connectivity index (χ3v) is 4.37. The predicted molar refractivity (Wildman–Crippen MR) is 105 cm³/mol. The summed E-state index contributed by atoms with van der Waals surface area (Å²) in [5.41, 5.74) is 1.98. The molecule has 2 N–H and O–H groups in total. The van der Waals surface area contributed by atoms with E-state index in [0.717, 1.165) is 5.56 Å². The highest BCUT2D eigenvalue weighted by molar-refractivity contribution is 5.98. The molecule has 27 heavy (non-hydrogen) atoms. The third-order valence-electron chi connectivity index (χ3n) is 4.37. The Labute approximate surface area is 160 Å². The van der Waals surface area contributed by atoms with Crippen molar-refractivity contribution in [1.29, 1.82) is 0 Å². The molecule has 1 unspecified atom stereocenters. The minimum atomic E-state index is -0.627. The maximum Gasteiger partial charge on any atom is 0.252 e. The molecule has 0 saturated heterocycles. The summed E-state index contributed by atoms with van der Waals surface area (Å²) in [6.45, 7) is 6.18. The summed E-state index contributed by atoms with van der Waals surface area (Å²) >= 11 is 0.